The number of allylic oxidation sites excluding steroid dienone is 2. The largest absolute Gasteiger partial charge is 0.0661 e. The van der Waals surface area contributed by atoms with E-state index in [9.17, 15) is 0 Å². The first-order valence-electron chi connectivity index (χ1n) is 6.12. The van der Waals surface area contributed by atoms with Crippen molar-refractivity contribution in [3.63, 3.8) is 0 Å². The molecule has 0 heterocycles. The summed E-state index contributed by atoms with van der Waals surface area (Å²) in [5.74, 6) is 1.75. The highest BCUT2D eigenvalue weighted by Crippen LogP contribution is 2.48. The lowest BCUT2D eigenvalue weighted by molar-refractivity contribution is 0.324. The van der Waals surface area contributed by atoms with Gasteiger partial charge >= 0.3 is 0 Å². The van der Waals surface area contributed by atoms with Crippen LogP contribution in [-0.4, -0.2) is 0 Å². The average molecular weight is 198 g/mol. The van der Waals surface area contributed by atoms with Crippen LogP contribution in [0.5, 0.6) is 0 Å². The van der Waals surface area contributed by atoms with E-state index in [1.54, 1.807) is 11.1 Å². The first-order valence-corrected chi connectivity index (χ1v) is 6.12. The summed E-state index contributed by atoms with van der Waals surface area (Å²) in [6, 6.07) is 11.0. The van der Waals surface area contributed by atoms with Crippen molar-refractivity contribution in [2.75, 3.05) is 0 Å². The van der Waals surface area contributed by atoms with Gasteiger partial charge in [-0.2, -0.15) is 0 Å². The minimum atomic E-state index is 0.859. The van der Waals surface area contributed by atoms with Crippen LogP contribution in [0, 0.1) is 11.8 Å². The molecule has 0 atom stereocenters. The van der Waals surface area contributed by atoms with E-state index in [2.05, 4.69) is 37.3 Å². The fourth-order valence-electron chi connectivity index (χ4n) is 3.44. The molecule has 1 saturated carbocycles. The maximum Gasteiger partial charge on any atom is -0.0156 e. The maximum atomic E-state index is 2.36. The number of hydrogen-bond acceptors (Lipinski definition) is 0. The van der Waals surface area contributed by atoms with E-state index in [0.29, 0.717) is 0 Å². The van der Waals surface area contributed by atoms with E-state index in [1.165, 1.54) is 31.2 Å². The average Bonchev–Trinajstić information content (AvgIpc) is 2.31. The molecule has 0 saturated heterocycles. The molecule has 15 heavy (non-hydrogen) atoms. The molecule has 2 bridgehead atoms. The third-order valence-electron chi connectivity index (χ3n) is 4.26. The standard InChI is InChI=1S/C15H18/c1-11-12-7-9-14(10-8-12)15(11)13-5-3-2-4-6-13/h2-6,12,14H,7-10H2,1H3. The first kappa shape index (κ1) is 9.21. The Kier molecular flexibility index (Phi) is 2.16. The summed E-state index contributed by atoms with van der Waals surface area (Å²) in [4.78, 5) is 0. The van der Waals surface area contributed by atoms with Crippen molar-refractivity contribution >= 4 is 5.57 Å². The van der Waals surface area contributed by atoms with Crippen molar-refractivity contribution in [3.05, 3.63) is 41.5 Å². The highest BCUT2D eigenvalue weighted by molar-refractivity contribution is 5.72. The molecule has 0 aromatic heterocycles. The van der Waals surface area contributed by atoms with Crippen LogP contribution in [0.15, 0.2) is 35.9 Å². The minimum Gasteiger partial charge on any atom is -0.0661 e. The van der Waals surface area contributed by atoms with Crippen LogP contribution in [0.2, 0.25) is 0 Å². The van der Waals surface area contributed by atoms with Crippen LogP contribution in [0.3, 0.4) is 0 Å². The Balaban J connectivity index is 2.08. The van der Waals surface area contributed by atoms with Crippen molar-refractivity contribution < 1.29 is 0 Å². The van der Waals surface area contributed by atoms with Gasteiger partial charge in [-0.15, -0.1) is 0 Å². The predicted molar refractivity (Wildman–Crippen MR) is 64.5 cm³/mol. The van der Waals surface area contributed by atoms with Crippen LogP contribution in [0.25, 0.3) is 5.57 Å². The molecule has 3 aliphatic carbocycles. The zero-order chi connectivity index (χ0) is 10.3. The molecule has 0 heteroatoms. The van der Waals surface area contributed by atoms with Gasteiger partial charge in [-0.25, -0.2) is 0 Å². The molecule has 78 valence electrons. The zero-order valence-corrected chi connectivity index (χ0v) is 9.37. The van der Waals surface area contributed by atoms with E-state index in [-0.39, 0.29) is 0 Å². The second kappa shape index (κ2) is 3.52. The highest BCUT2D eigenvalue weighted by Gasteiger charge is 2.33. The summed E-state index contributed by atoms with van der Waals surface area (Å²) < 4.78 is 0. The van der Waals surface area contributed by atoms with Gasteiger partial charge in [0, 0.05) is 0 Å². The van der Waals surface area contributed by atoms with Crippen molar-refractivity contribution in [1.29, 1.82) is 0 Å². The molecule has 0 N–H and O–H groups in total. The Bertz CT molecular complexity index is 378. The van der Waals surface area contributed by atoms with Gasteiger partial charge in [0.1, 0.15) is 0 Å². The highest BCUT2D eigenvalue weighted by atomic mass is 14.4. The van der Waals surface area contributed by atoms with Gasteiger partial charge in [0.15, 0.2) is 0 Å². The molecule has 0 spiro atoms. The van der Waals surface area contributed by atoms with E-state index in [0.717, 1.165) is 11.8 Å². The van der Waals surface area contributed by atoms with Crippen molar-refractivity contribution in [3.8, 4) is 0 Å². The quantitative estimate of drug-likeness (QED) is 0.632. The lowest BCUT2D eigenvalue weighted by atomic mass is 9.66. The second-order valence-corrected chi connectivity index (χ2v) is 5.01. The Morgan fingerprint density at radius 2 is 1.47 bits per heavy atom. The van der Waals surface area contributed by atoms with Crippen molar-refractivity contribution in [2.45, 2.75) is 32.6 Å². The molecule has 0 amide bonds. The fraction of sp³-hybridized carbons (Fsp3) is 0.467. The maximum absolute atomic E-state index is 2.36. The Labute approximate surface area is 92.0 Å². The van der Waals surface area contributed by atoms with Crippen molar-refractivity contribution in [1.82, 2.24) is 0 Å². The van der Waals surface area contributed by atoms with Gasteiger partial charge in [0.2, 0.25) is 0 Å². The lowest BCUT2D eigenvalue weighted by Gasteiger charge is -2.39. The van der Waals surface area contributed by atoms with Crippen LogP contribution in [-0.2, 0) is 0 Å². The van der Waals surface area contributed by atoms with Gasteiger partial charge in [-0.3, -0.25) is 0 Å². The summed E-state index contributed by atoms with van der Waals surface area (Å²) in [5, 5.41) is 0. The van der Waals surface area contributed by atoms with Crippen LogP contribution in [0.1, 0.15) is 38.2 Å². The normalized spacial score (nSPS) is 29.7. The number of fused-ring (bicyclic) bond motifs is 2. The molecule has 1 aromatic rings. The van der Waals surface area contributed by atoms with Gasteiger partial charge in [0.05, 0.1) is 0 Å². The third-order valence-corrected chi connectivity index (χ3v) is 4.26. The van der Waals surface area contributed by atoms with Crippen molar-refractivity contribution in [2.24, 2.45) is 11.8 Å². The monoisotopic (exact) mass is 198 g/mol. The smallest absolute Gasteiger partial charge is 0.0156 e. The Morgan fingerprint density at radius 3 is 2.07 bits per heavy atom. The van der Waals surface area contributed by atoms with E-state index >= 15 is 0 Å². The molecule has 1 fully saturated rings. The van der Waals surface area contributed by atoms with E-state index in [1.807, 2.05) is 0 Å². The zero-order valence-electron chi connectivity index (χ0n) is 9.37. The third kappa shape index (κ3) is 1.43. The number of hydrogen-bond donors (Lipinski definition) is 0. The molecule has 0 unspecified atom stereocenters. The van der Waals surface area contributed by atoms with Crippen LogP contribution in [0.4, 0.5) is 0 Å². The fourth-order valence-corrected chi connectivity index (χ4v) is 3.44. The first-order chi connectivity index (χ1) is 7.36. The predicted octanol–water partition coefficient (Wildman–Crippen LogP) is 4.28. The molecule has 4 rings (SSSR count). The van der Waals surface area contributed by atoms with Gasteiger partial charge < -0.3 is 0 Å². The number of benzene rings is 1. The van der Waals surface area contributed by atoms with Gasteiger partial charge in [-0.1, -0.05) is 35.9 Å². The Hall–Kier alpha value is -1.04. The lowest BCUT2D eigenvalue weighted by Crippen LogP contribution is -2.24. The van der Waals surface area contributed by atoms with E-state index in [4.69, 9.17) is 0 Å². The Morgan fingerprint density at radius 1 is 0.867 bits per heavy atom. The SMILES string of the molecule is CC1=C(c2ccccc2)C2CCC1CC2. The van der Waals surface area contributed by atoms with Crippen LogP contribution >= 0.6 is 0 Å². The summed E-state index contributed by atoms with van der Waals surface area (Å²) in [6.45, 7) is 2.36. The second-order valence-electron chi connectivity index (χ2n) is 5.01. The minimum absolute atomic E-state index is 0.859. The molecule has 3 aliphatic rings. The molecular formula is C15H18. The summed E-state index contributed by atoms with van der Waals surface area (Å²) in [6.07, 6.45) is 5.72. The van der Waals surface area contributed by atoms with Gasteiger partial charge in [0.25, 0.3) is 0 Å². The van der Waals surface area contributed by atoms with E-state index < -0.39 is 0 Å². The summed E-state index contributed by atoms with van der Waals surface area (Å²) in [7, 11) is 0. The molecule has 0 nitrogen and oxygen atoms in total. The van der Waals surface area contributed by atoms with Gasteiger partial charge in [-0.05, 0) is 55.6 Å². The molecular weight excluding hydrogens is 180 g/mol. The summed E-state index contributed by atoms with van der Waals surface area (Å²) >= 11 is 0. The molecule has 1 aromatic carbocycles. The molecule has 0 radical (unpaired) electrons. The number of rotatable bonds is 1. The van der Waals surface area contributed by atoms with Crippen LogP contribution < -0.4 is 0 Å². The summed E-state index contributed by atoms with van der Waals surface area (Å²) in [5.41, 5.74) is 4.84. The molecule has 0 aliphatic heterocycles. The topological polar surface area (TPSA) is 0 Å².